The van der Waals surface area contributed by atoms with Crippen LogP contribution in [0.3, 0.4) is 0 Å². The van der Waals surface area contributed by atoms with Crippen molar-refractivity contribution in [3.63, 3.8) is 0 Å². The van der Waals surface area contributed by atoms with Crippen LogP contribution in [0, 0.1) is 0 Å². The molecule has 1 aliphatic rings. The van der Waals surface area contributed by atoms with E-state index in [1.807, 2.05) is 4.68 Å². The van der Waals surface area contributed by atoms with Crippen molar-refractivity contribution in [3.8, 4) is 0 Å². The summed E-state index contributed by atoms with van der Waals surface area (Å²) in [6.45, 7) is 3.09. The summed E-state index contributed by atoms with van der Waals surface area (Å²) in [6.07, 6.45) is 10.5. The van der Waals surface area contributed by atoms with Gasteiger partial charge in [-0.25, -0.2) is 4.98 Å². The molecule has 1 aromatic heterocycles. The number of nitrogens with one attached hydrogen (secondary N) is 1. The van der Waals surface area contributed by atoms with Gasteiger partial charge in [0.1, 0.15) is 12.2 Å². The summed E-state index contributed by atoms with van der Waals surface area (Å²) in [7, 11) is 0. The highest BCUT2D eigenvalue weighted by Gasteiger charge is 2.18. The van der Waals surface area contributed by atoms with Crippen molar-refractivity contribution in [1.82, 2.24) is 20.2 Å². The molecule has 5 nitrogen and oxygen atoms in total. The second kappa shape index (κ2) is 8.64. The Labute approximate surface area is 126 Å². The SMILES string of the molecule is CCCn1ncnc1CC(CSC1CCCCC1)NN. The Kier molecular flexibility index (Phi) is 6.82. The van der Waals surface area contributed by atoms with E-state index in [2.05, 4.69) is 34.2 Å². The van der Waals surface area contributed by atoms with Crippen LogP contribution in [0.1, 0.15) is 51.3 Å². The molecule has 0 saturated heterocycles. The normalized spacial score (nSPS) is 18.3. The number of aryl methyl sites for hydroxylation is 1. The smallest absolute Gasteiger partial charge is 0.138 e. The van der Waals surface area contributed by atoms with E-state index in [1.54, 1.807) is 6.33 Å². The Morgan fingerprint density at radius 1 is 1.45 bits per heavy atom. The monoisotopic (exact) mass is 297 g/mol. The van der Waals surface area contributed by atoms with Crippen LogP contribution >= 0.6 is 11.8 Å². The van der Waals surface area contributed by atoms with Crippen LogP contribution < -0.4 is 11.3 Å². The van der Waals surface area contributed by atoms with Crippen molar-refractivity contribution in [2.24, 2.45) is 5.84 Å². The average Bonchev–Trinajstić information content (AvgIpc) is 2.92. The number of thioether (sulfide) groups is 1. The van der Waals surface area contributed by atoms with Crippen LogP contribution in [0.25, 0.3) is 0 Å². The van der Waals surface area contributed by atoms with Gasteiger partial charge in [-0.05, 0) is 19.3 Å². The second-order valence-electron chi connectivity index (χ2n) is 5.56. The quantitative estimate of drug-likeness (QED) is 0.568. The summed E-state index contributed by atoms with van der Waals surface area (Å²) in [5.41, 5.74) is 2.95. The first-order valence-corrected chi connectivity index (χ1v) is 8.82. The number of nitrogens with two attached hydrogens (primary N) is 1. The first kappa shape index (κ1) is 15.8. The largest absolute Gasteiger partial charge is 0.271 e. The number of nitrogens with zero attached hydrogens (tertiary/aromatic N) is 3. The van der Waals surface area contributed by atoms with Crippen LogP contribution in [-0.2, 0) is 13.0 Å². The van der Waals surface area contributed by atoms with E-state index in [0.29, 0.717) is 0 Å². The van der Waals surface area contributed by atoms with Gasteiger partial charge < -0.3 is 0 Å². The summed E-state index contributed by atoms with van der Waals surface area (Å²) in [4.78, 5) is 4.36. The second-order valence-corrected chi connectivity index (χ2v) is 6.89. The molecule has 0 aliphatic heterocycles. The maximum absolute atomic E-state index is 5.71. The Morgan fingerprint density at radius 3 is 2.95 bits per heavy atom. The molecular formula is C14H27N5S. The maximum Gasteiger partial charge on any atom is 0.138 e. The van der Waals surface area contributed by atoms with E-state index in [1.165, 1.54) is 32.1 Å². The van der Waals surface area contributed by atoms with E-state index in [4.69, 9.17) is 5.84 Å². The summed E-state index contributed by atoms with van der Waals surface area (Å²) >= 11 is 2.07. The molecule has 0 spiro atoms. The molecule has 1 saturated carbocycles. The van der Waals surface area contributed by atoms with Crippen molar-refractivity contribution in [2.45, 2.75) is 69.7 Å². The van der Waals surface area contributed by atoms with Gasteiger partial charge in [-0.1, -0.05) is 26.2 Å². The third kappa shape index (κ3) is 4.75. The summed E-state index contributed by atoms with van der Waals surface area (Å²) in [6, 6.07) is 0.279. The molecule has 0 amide bonds. The fourth-order valence-electron chi connectivity index (χ4n) is 2.72. The molecule has 1 fully saturated rings. The lowest BCUT2D eigenvalue weighted by Gasteiger charge is -2.23. The summed E-state index contributed by atoms with van der Waals surface area (Å²) in [5.74, 6) is 7.80. The first-order valence-electron chi connectivity index (χ1n) is 7.78. The Balaban J connectivity index is 1.80. The van der Waals surface area contributed by atoms with E-state index in [0.717, 1.165) is 36.2 Å². The number of rotatable bonds is 8. The molecule has 1 heterocycles. The summed E-state index contributed by atoms with van der Waals surface area (Å²) in [5, 5.41) is 5.10. The molecule has 1 atom stereocenters. The lowest BCUT2D eigenvalue weighted by molar-refractivity contribution is 0.503. The van der Waals surface area contributed by atoms with Crippen LogP contribution in [0.4, 0.5) is 0 Å². The number of hydrogen-bond acceptors (Lipinski definition) is 5. The zero-order valence-corrected chi connectivity index (χ0v) is 13.2. The third-order valence-electron chi connectivity index (χ3n) is 3.88. The Hall–Kier alpha value is -0.590. The van der Waals surface area contributed by atoms with E-state index < -0.39 is 0 Å². The molecule has 20 heavy (non-hydrogen) atoms. The van der Waals surface area contributed by atoms with Gasteiger partial charge in [0.2, 0.25) is 0 Å². The molecular weight excluding hydrogens is 270 g/mol. The van der Waals surface area contributed by atoms with E-state index in [-0.39, 0.29) is 6.04 Å². The van der Waals surface area contributed by atoms with Crippen LogP contribution in [-0.4, -0.2) is 31.8 Å². The highest BCUT2D eigenvalue weighted by atomic mass is 32.2. The van der Waals surface area contributed by atoms with Crippen molar-refractivity contribution in [2.75, 3.05) is 5.75 Å². The average molecular weight is 297 g/mol. The lowest BCUT2D eigenvalue weighted by atomic mass is 10.0. The standard InChI is InChI=1S/C14H27N5S/c1-2-8-19-14(16-11-17-19)9-12(18-15)10-20-13-6-4-3-5-7-13/h11-13,18H,2-10,15H2,1H3. The maximum atomic E-state index is 5.71. The van der Waals surface area contributed by atoms with Crippen molar-refractivity contribution in [3.05, 3.63) is 12.2 Å². The molecule has 2 rings (SSSR count). The number of hydrazine groups is 1. The van der Waals surface area contributed by atoms with Crippen molar-refractivity contribution < 1.29 is 0 Å². The van der Waals surface area contributed by atoms with Crippen LogP contribution in [0.5, 0.6) is 0 Å². The molecule has 1 aliphatic carbocycles. The highest BCUT2D eigenvalue weighted by Crippen LogP contribution is 2.28. The van der Waals surface area contributed by atoms with Gasteiger partial charge in [-0.15, -0.1) is 0 Å². The van der Waals surface area contributed by atoms with Gasteiger partial charge in [0.05, 0.1) is 0 Å². The van der Waals surface area contributed by atoms with Crippen molar-refractivity contribution in [1.29, 1.82) is 0 Å². The Bertz CT molecular complexity index is 375. The molecule has 1 unspecified atom stereocenters. The third-order valence-corrected chi connectivity index (χ3v) is 5.42. The molecule has 3 N–H and O–H groups in total. The predicted octanol–water partition coefficient (Wildman–Crippen LogP) is 2.13. The van der Waals surface area contributed by atoms with Gasteiger partial charge in [0.25, 0.3) is 0 Å². The molecule has 0 bridgehead atoms. The minimum Gasteiger partial charge on any atom is -0.271 e. The summed E-state index contributed by atoms with van der Waals surface area (Å²) < 4.78 is 2.00. The van der Waals surface area contributed by atoms with Gasteiger partial charge in [-0.2, -0.15) is 16.9 Å². The van der Waals surface area contributed by atoms with Gasteiger partial charge in [0, 0.05) is 30.0 Å². The van der Waals surface area contributed by atoms with Gasteiger partial charge >= 0.3 is 0 Å². The zero-order chi connectivity index (χ0) is 14.2. The number of hydrogen-bond donors (Lipinski definition) is 2. The van der Waals surface area contributed by atoms with Gasteiger partial charge in [0.15, 0.2) is 0 Å². The molecule has 0 aromatic carbocycles. The Morgan fingerprint density at radius 2 is 2.25 bits per heavy atom. The zero-order valence-electron chi connectivity index (χ0n) is 12.4. The van der Waals surface area contributed by atoms with Crippen LogP contribution in [0.2, 0.25) is 0 Å². The van der Waals surface area contributed by atoms with E-state index in [9.17, 15) is 0 Å². The minimum absolute atomic E-state index is 0.279. The molecule has 0 radical (unpaired) electrons. The first-order chi connectivity index (χ1) is 9.83. The fraction of sp³-hybridized carbons (Fsp3) is 0.857. The van der Waals surface area contributed by atoms with Crippen molar-refractivity contribution >= 4 is 11.8 Å². The van der Waals surface area contributed by atoms with E-state index >= 15 is 0 Å². The fourth-order valence-corrected chi connectivity index (χ4v) is 4.10. The lowest BCUT2D eigenvalue weighted by Crippen LogP contribution is -2.40. The number of aromatic nitrogens is 3. The predicted molar refractivity (Wildman–Crippen MR) is 84.5 cm³/mol. The topological polar surface area (TPSA) is 68.8 Å². The van der Waals surface area contributed by atoms with Crippen LogP contribution in [0.15, 0.2) is 6.33 Å². The molecule has 114 valence electrons. The van der Waals surface area contributed by atoms with Gasteiger partial charge in [-0.3, -0.25) is 16.0 Å². The highest BCUT2D eigenvalue weighted by molar-refractivity contribution is 7.99. The molecule has 1 aromatic rings. The molecule has 6 heteroatoms. The minimum atomic E-state index is 0.279.